The molecule has 6 heteroatoms. The van der Waals surface area contributed by atoms with Crippen molar-refractivity contribution < 1.29 is 13.5 Å². The lowest BCUT2D eigenvalue weighted by molar-refractivity contribution is 0.266. The summed E-state index contributed by atoms with van der Waals surface area (Å²) in [6, 6.07) is 9.67. The molecule has 1 aromatic heterocycles. The average molecular weight is 337 g/mol. The maximum absolute atomic E-state index is 13.1. The van der Waals surface area contributed by atoms with Gasteiger partial charge in [-0.15, -0.1) is 0 Å². The van der Waals surface area contributed by atoms with Gasteiger partial charge in [0, 0.05) is 11.8 Å². The van der Waals surface area contributed by atoms with E-state index in [0.717, 1.165) is 5.52 Å². The first-order chi connectivity index (χ1) is 9.61. The SMILES string of the molecule is Nc1ccc2nc(COc3ccc(F)c(Br)c3)oc2c1. The second-order valence-electron chi connectivity index (χ2n) is 4.20. The molecule has 1 heterocycles. The number of oxazole rings is 1. The first kappa shape index (κ1) is 12.9. The van der Waals surface area contributed by atoms with E-state index >= 15 is 0 Å². The van der Waals surface area contributed by atoms with Crippen LogP contribution in [0.1, 0.15) is 5.89 Å². The minimum Gasteiger partial charge on any atom is -0.484 e. The zero-order valence-corrected chi connectivity index (χ0v) is 11.9. The van der Waals surface area contributed by atoms with Crippen LogP contribution in [0.2, 0.25) is 0 Å². The molecule has 2 aromatic carbocycles. The first-order valence-electron chi connectivity index (χ1n) is 5.84. The number of aromatic nitrogens is 1. The van der Waals surface area contributed by atoms with E-state index in [1.54, 1.807) is 30.3 Å². The molecule has 2 N–H and O–H groups in total. The van der Waals surface area contributed by atoms with Crippen molar-refractivity contribution in [3.63, 3.8) is 0 Å². The third-order valence-corrected chi connectivity index (χ3v) is 3.32. The molecule has 3 aromatic rings. The number of fused-ring (bicyclic) bond motifs is 1. The van der Waals surface area contributed by atoms with Crippen LogP contribution in [0, 0.1) is 5.82 Å². The van der Waals surface area contributed by atoms with Crippen LogP contribution in [0.4, 0.5) is 10.1 Å². The van der Waals surface area contributed by atoms with Crippen molar-refractivity contribution in [1.29, 1.82) is 0 Å². The summed E-state index contributed by atoms with van der Waals surface area (Å²) in [4.78, 5) is 4.28. The average Bonchev–Trinajstić information content (AvgIpc) is 2.82. The molecule has 0 atom stereocenters. The van der Waals surface area contributed by atoms with Gasteiger partial charge in [-0.3, -0.25) is 0 Å². The number of hydrogen-bond acceptors (Lipinski definition) is 4. The van der Waals surface area contributed by atoms with Crippen molar-refractivity contribution >= 4 is 32.7 Å². The third kappa shape index (κ3) is 2.60. The van der Waals surface area contributed by atoms with E-state index in [1.165, 1.54) is 6.07 Å². The summed E-state index contributed by atoms with van der Waals surface area (Å²) in [5.74, 6) is 0.626. The summed E-state index contributed by atoms with van der Waals surface area (Å²) >= 11 is 3.10. The monoisotopic (exact) mass is 336 g/mol. The molecule has 102 valence electrons. The highest BCUT2D eigenvalue weighted by Crippen LogP contribution is 2.23. The normalized spacial score (nSPS) is 10.9. The summed E-state index contributed by atoms with van der Waals surface area (Å²) in [6.45, 7) is 0.159. The van der Waals surface area contributed by atoms with Gasteiger partial charge in [-0.2, -0.15) is 0 Å². The molecule has 0 amide bonds. The highest BCUT2D eigenvalue weighted by atomic mass is 79.9. The van der Waals surface area contributed by atoms with Gasteiger partial charge in [0.15, 0.2) is 12.2 Å². The fourth-order valence-electron chi connectivity index (χ4n) is 1.76. The van der Waals surface area contributed by atoms with Crippen molar-refractivity contribution in [2.75, 3.05) is 5.73 Å². The number of benzene rings is 2. The molecule has 0 bridgehead atoms. The highest BCUT2D eigenvalue weighted by molar-refractivity contribution is 9.10. The van der Waals surface area contributed by atoms with Crippen LogP contribution in [-0.2, 0) is 6.61 Å². The van der Waals surface area contributed by atoms with E-state index < -0.39 is 0 Å². The largest absolute Gasteiger partial charge is 0.484 e. The Morgan fingerprint density at radius 1 is 1.25 bits per heavy atom. The van der Waals surface area contributed by atoms with E-state index in [-0.39, 0.29) is 12.4 Å². The van der Waals surface area contributed by atoms with Crippen molar-refractivity contribution in [2.45, 2.75) is 6.61 Å². The Bertz CT molecular complexity index is 773. The van der Waals surface area contributed by atoms with E-state index in [1.807, 2.05) is 0 Å². The number of hydrogen-bond donors (Lipinski definition) is 1. The van der Waals surface area contributed by atoms with Gasteiger partial charge in [-0.1, -0.05) is 0 Å². The van der Waals surface area contributed by atoms with Gasteiger partial charge in [0.1, 0.15) is 17.1 Å². The third-order valence-electron chi connectivity index (χ3n) is 2.71. The molecule has 0 aliphatic carbocycles. The van der Waals surface area contributed by atoms with Crippen LogP contribution in [0.5, 0.6) is 5.75 Å². The Morgan fingerprint density at radius 2 is 2.10 bits per heavy atom. The summed E-state index contributed by atoms with van der Waals surface area (Å²) < 4.78 is 24.5. The van der Waals surface area contributed by atoms with E-state index in [0.29, 0.717) is 27.4 Å². The second kappa shape index (κ2) is 5.13. The summed E-state index contributed by atoms with van der Waals surface area (Å²) in [5.41, 5.74) is 7.62. The minimum atomic E-state index is -0.338. The number of nitrogens with zero attached hydrogens (tertiary/aromatic N) is 1. The number of nitrogens with two attached hydrogens (primary N) is 1. The standard InChI is InChI=1S/C14H10BrFN2O2/c15-10-6-9(2-3-11(10)16)19-7-14-18-12-4-1-8(17)5-13(12)20-14/h1-6H,7,17H2. The lowest BCUT2D eigenvalue weighted by atomic mass is 10.3. The van der Waals surface area contributed by atoms with E-state index in [4.69, 9.17) is 14.9 Å². The van der Waals surface area contributed by atoms with Crippen LogP contribution in [-0.4, -0.2) is 4.98 Å². The number of rotatable bonds is 3. The van der Waals surface area contributed by atoms with Crippen LogP contribution in [0.25, 0.3) is 11.1 Å². The predicted octanol–water partition coefficient (Wildman–Crippen LogP) is 3.89. The van der Waals surface area contributed by atoms with Crippen molar-refractivity contribution in [3.05, 3.63) is 52.6 Å². The Morgan fingerprint density at radius 3 is 2.90 bits per heavy atom. The molecule has 0 unspecified atom stereocenters. The minimum absolute atomic E-state index is 0.159. The number of halogens is 2. The molecule has 3 rings (SSSR count). The fourth-order valence-corrected chi connectivity index (χ4v) is 2.12. The van der Waals surface area contributed by atoms with Crippen molar-refractivity contribution in [1.82, 2.24) is 4.98 Å². The fraction of sp³-hybridized carbons (Fsp3) is 0.0714. The van der Waals surface area contributed by atoms with Gasteiger partial charge < -0.3 is 14.9 Å². The summed E-state index contributed by atoms with van der Waals surface area (Å²) in [6.07, 6.45) is 0. The first-order valence-corrected chi connectivity index (χ1v) is 6.64. The van der Waals surface area contributed by atoms with Gasteiger partial charge in [0.2, 0.25) is 5.89 Å². The number of nitrogen functional groups attached to an aromatic ring is 1. The van der Waals surface area contributed by atoms with Gasteiger partial charge in [0.25, 0.3) is 0 Å². The van der Waals surface area contributed by atoms with E-state index in [2.05, 4.69) is 20.9 Å². The Balaban J connectivity index is 1.77. The van der Waals surface area contributed by atoms with Crippen molar-refractivity contribution in [2.24, 2.45) is 0 Å². The van der Waals surface area contributed by atoms with Crippen LogP contribution in [0.3, 0.4) is 0 Å². The van der Waals surface area contributed by atoms with Crippen molar-refractivity contribution in [3.8, 4) is 5.75 Å². The molecule has 0 saturated carbocycles. The topological polar surface area (TPSA) is 61.3 Å². The van der Waals surface area contributed by atoms with Crippen LogP contribution < -0.4 is 10.5 Å². The number of anilines is 1. The summed E-state index contributed by atoms with van der Waals surface area (Å²) in [5, 5.41) is 0. The molecular formula is C14H10BrFN2O2. The second-order valence-corrected chi connectivity index (χ2v) is 5.05. The summed E-state index contributed by atoms with van der Waals surface area (Å²) in [7, 11) is 0. The smallest absolute Gasteiger partial charge is 0.233 e. The number of ether oxygens (including phenoxy) is 1. The molecule has 0 aliphatic heterocycles. The molecule has 0 spiro atoms. The molecule has 0 radical (unpaired) electrons. The zero-order chi connectivity index (χ0) is 14.1. The Kier molecular flexibility index (Phi) is 3.31. The maximum Gasteiger partial charge on any atom is 0.233 e. The van der Waals surface area contributed by atoms with Crippen LogP contribution in [0.15, 0.2) is 45.3 Å². The molecule has 0 aliphatic rings. The predicted molar refractivity (Wildman–Crippen MR) is 76.9 cm³/mol. The van der Waals surface area contributed by atoms with Gasteiger partial charge in [-0.25, -0.2) is 9.37 Å². The maximum atomic E-state index is 13.1. The molecule has 4 nitrogen and oxygen atoms in total. The molecule has 20 heavy (non-hydrogen) atoms. The lowest BCUT2D eigenvalue weighted by Gasteiger charge is -2.04. The Hall–Kier alpha value is -2.08. The molecular weight excluding hydrogens is 327 g/mol. The van der Waals surface area contributed by atoms with Gasteiger partial charge >= 0.3 is 0 Å². The Labute approximate surface area is 122 Å². The highest BCUT2D eigenvalue weighted by Gasteiger charge is 2.07. The van der Waals surface area contributed by atoms with Gasteiger partial charge in [0.05, 0.1) is 4.47 Å². The van der Waals surface area contributed by atoms with E-state index in [9.17, 15) is 4.39 Å². The molecule has 0 fully saturated rings. The van der Waals surface area contributed by atoms with Gasteiger partial charge in [-0.05, 0) is 46.3 Å². The lowest BCUT2D eigenvalue weighted by Crippen LogP contribution is -1.95. The quantitative estimate of drug-likeness (QED) is 0.737. The zero-order valence-electron chi connectivity index (χ0n) is 10.3. The molecule has 0 saturated heterocycles. The van der Waals surface area contributed by atoms with Crippen LogP contribution >= 0.6 is 15.9 Å².